The van der Waals surface area contributed by atoms with E-state index >= 15 is 0 Å². The van der Waals surface area contributed by atoms with Crippen LogP contribution in [0.3, 0.4) is 0 Å². The summed E-state index contributed by atoms with van der Waals surface area (Å²) in [6, 6.07) is 8.13. The van der Waals surface area contributed by atoms with E-state index in [-0.39, 0.29) is 6.10 Å². The molecule has 108 valence electrons. The van der Waals surface area contributed by atoms with Gasteiger partial charge in [0.05, 0.1) is 12.3 Å². The highest BCUT2D eigenvalue weighted by Crippen LogP contribution is 2.19. The molecule has 0 aliphatic rings. The lowest BCUT2D eigenvalue weighted by Gasteiger charge is -2.14. The number of ether oxygens (including phenoxy) is 1. The van der Waals surface area contributed by atoms with Crippen LogP contribution in [0, 0.1) is 0 Å². The van der Waals surface area contributed by atoms with Gasteiger partial charge >= 0.3 is 0 Å². The molecule has 0 spiro atoms. The van der Waals surface area contributed by atoms with Crippen LogP contribution in [-0.4, -0.2) is 22.4 Å². The highest BCUT2D eigenvalue weighted by molar-refractivity contribution is 5.48. The largest absolute Gasteiger partial charge is 0.491 e. The summed E-state index contributed by atoms with van der Waals surface area (Å²) in [5.74, 6) is 0.922. The fourth-order valence-corrected chi connectivity index (χ4v) is 1.95. The molecule has 1 aromatic carbocycles. The van der Waals surface area contributed by atoms with Gasteiger partial charge in [-0.05, 0) is 37.5 Å². The van der Waals surface area contributed by atoms with E-state index < -0.39 is 0 Å². The molecule has 2 aromatic rings. The summed E-state index contributed by atoms with van der Waals surface area (Å²) < 4.78 is 7.65. The van der Waals surface area contributed by atoms with Crippen LogP contribution < -0.4 is 10.1 Å². The number of anilines is 1. The van der Waals surface area contributed by atoms with Crippen molar-refractivity contribution in [3.8, 4) is 5.75 Å². The van der Waals surface area contributed by atoms with Crippen LogP contribution in [0.15, 0.2) is 36.7 Å². The van der Waals surface area contributed by atoms with Gasteiger partial charge in [-0.1, -0.05) is 13.0 Å². The van der Waals surface area contributed by atoms with Crippen molar-refractivity contribution in [2.24, 2.45) is 7.05 Å². The molecule has 0 radical (unpaired) electrons. The fraction of sp³-hybridized carbons (Fsp3) is 0.438. The van der Waals surface area contributed by atoms with Gasteiger partial charge in [0, 0.05) is 31.5 Å². The topological polar surface area (TPSA) is 39.1 Å². The number of rotatable bonds is 7. The van der Waals surface area contributed by atoms with Gasteiger partial charge in [0.2, 0.25) is 0 Å². The molecule has 1 heterocycles. The first-order valence-corrected chi connectivity index (χ1v) is 7.15. The van der Waals surface area contributed by atoms with E-state index in [1.807, 2.05) is 36.3 Å². The quantitative estimate of drug-likeness (QED) is 0.841. The molecule has 0 saturated heterocycles. The lowest BCUT2D eigenvalue weighted by Crippen LogP contribution is -2.10. The Kier molecular flexibility index (Phi) is 5.04. The molecule has 0 amide bonds. The van der Waals surface area contributed by atoms with Crippen LogP contribution in [0.4, 0.5) is 5.69 Å². The predicted octanol–water partition coefficient (Wildman–Crippen LogP) is 3.25. The first-order valence-electron chi connectivity index (χ1n) is 7.15. The average Bonchev–Trinajstić information content (AvgIpc) is 2.85. The van der Waals surface area contributed by atoms with Gasteiger partial charge in [-0.3, -0.25) is 4.68 Å². The van der Waals surface area contributed by atoms with Crippen molar-refractivity contribution in [3.63, 3.8) is 0 Å². The molecule has 0 aliphatic carbocycles. The monoisotopic (exact) mass is 273 g/mol. The summed E-state index contributed by atoms with van der Waals surface area (Å²) in [4.78, 5) is 0. The molecule has 4 heteroatoms. The number of hydrogen-bond acceptors (Lipinski definition) is 3. The highest BCUT2D eigenvalue weighted by atomic mass is 16.5. The number of benzene rings is 1. The molecule has 20 heavy (non-hydrogen) atoms. The minimum Gasteiger partial charge on any atom is -0.491 e. The van der Waals surface area contributed by atoms with Gasteiger partial charge in [-0.2, -0.15) is 5.10 Å². The standard InChI is InChI=1S/C16H23N3O/c1-4-13(2)20-16-7-5-6-15(10-16)17-9-8-14-11-18-19(3)12-14/h5-7,10-13,17H,4,8-9H2,1-3H3. The number of nitrogens with zero attached hydrogens (tertiary/aromatic N) is 2. The Morgan fingerprint density at radius 3 is 2.95 bits per heavy atom. The molecule has 1 atom stereocenters. The number of hydrogen-bond donors (Lipinski definition) is 1. The summed E-state index contributed by atoms with van der Waals surface area (Å²) >= 11 is 0. The van der Waals surface area contributed by atoms with Crippen LogP contribution in [-0.2, 0) is 13.5 Å². The fourth-order valence-electron chi connectivity index (χ4n) is 1.95. The van der Waals surface area contributed by atoms with Crippen molar-refractivity contribution in [2.75, 3.05) is 11.9 Å². The maximum absolute atomic E-state index is 5.82. The zero-order valence-corrected chi connectivity index (χ0v) is 12.5. The molecule has 1 unspecified atom stereocenters. The van der Waals surface area contributed by atoms with E-state index in [0.717, 1.165) is 30.8 Å². The van der Waals surface area contributed by atoms with Crippen LogP contribution in [0.1, 0.15) is 25.8 Å². The molecule has 1 N–H and O–H groups in total. The summed E-state index contributed by atoms with van der Waals surface area (Å²) in [6.45, 7) is 5.10. The second-order valence-corrected chi connectivity index (χ2v) is 5.06. The van der Waals surface area contributed by atoms with E-state index in [0.29, 0.717) is 0 Å². The van der Waals surface area contributed by atoms with Crippen LogP contribution in [0.2, 0.25) is 0 Å². The van der Waals surface area contributed by atoms with Gasteiger partial charge in [0.15, 0.2) is 0 Å². The maximum Gasteiger partial charge on any atom is 0.121 e. The zero-order chi connectivity index (χ0) is 14.4. The lowest BCUT2D eigenvalue weighted by atomic mass is 10.2. The molecule has 0 fully saturated rings. The molecular formula is C16H23N3O. The van der Waals surface area contributed by atoms with E-state index in [9.17, 15) is 0 Å². The molecule has 0 bridgehead atoms. The summed E-state index contributed by atoms with van der Waals surface area (Å²) in [5, 5.41) is 7.58. The zero-order valence-electron chi connectivity index (χ0n) is 12.5. The third-order valence-electron chi connectivity index (χ3n) is 3.25. The van der Waals surface area contributed by atoms with Crippen molar-refractivity contribution in [2.45, 2.75) is 32.8 Å². The minimum atomic E-state index is 0.251. The predicted molar refractivity (Wildman–Crippen MR) is 82.2 cm³/mol. The molecule has 0 aliphatic heterocycles. The highest BCUT2D eigenvalue weighted by Gasteiger charge is 2.02. The summed E-state index contributed by atoms with van der Waals surface area (Å²) in [5.41, 5.74) is 2.33. The third kappa shape index (κ3) is 4.30. The van der Waals surface area contributed by atoms with Crippen molar-refractivity contribution in [1.29, 1.82) is 0 Å². The van der Waals surface area contributed by atoms with Crippen LogP contribution in [0.25, 0.3) is 0 Å². The first kappa shape index (κ1) is 14.4. The van der Waals surface area contributed by atoms with Crippen molar-refractivity contribution in [3.05, 3.63) is 42.2 Å². The Balaban J connectivity index is 1.84. The normalized spacial score (nSPS) is 12.2. The number of nitrogens with one attached hydrogen (secondary N) is 1. The van der Waals surface area contributed by atoms with E-state index in [1.165, 1.54) is 5.56 Å². The lowest BCUT2D eigenvalue weighted by molar-refractivity contribution is 0.217. The second kappa shape index (κ2) is 6.98. The van der Waals surface area contributed by atoms with E-state index in [4.69, 9.17) is 4.74 Å². The van der Waals surface area contributed by atoms with Gasteiger partial charge in [-0.15, -0.1) is 0 Å². The van der Waals surface area contributed by atoms with Crippen molar-refractivity contribution < 1.29 is 4.74 Å². The molecule has 1 aromatic heterocycles. The Hall–Kier alpha value is -1.97. The first-order chi connectivity index (χ1) is 9.67. The summed E-state index contributed by atoms with van der Waals surface area (Å²) in [7, 11) is 1.94. The molecule has 2 rings (SSSR count). The number of aromatic nitrogens is 2. The Morgan fingerprint density at radius 2 is 2.25 bits per heavy atom. The molecule has 4 nitrogen and oxygen atoms in total. The maximum atomic E-state index is 5.82. The Bertz CT molecular complexity index is 536. The van der Waals surface area contributed by atoms with Crippen molar-refractivity contribution >= 4 is 5.69 Å². The summed E-state index contributed by atoms with van der Waals surface area (Å²) in [6.07, 6.45) is 6.18. The number of aryl methyl sites for hydroxylation is 1. The average molecular weight is 273 g/mol. The van der Waals surface area contributed by atoms with Gasteiger partial charge in [-0.25, -0.2) is 0 Å². The van der Waals surface area contributed by atoms with E-state index in [1.54, 1.807) is 0 Å². The smallest absolute Gasteiger partial charge is 0.121 e. The van der Waals surface area contributed by atoms with Gasteiger partial charge in [0.1, 0.15) is 5.75 Å². The second-order valence-electron chi connectivity index (χ2n) is 5.06. The van der Waals surface area contributed by atoms with Crippen LogP contribution >= 0.6 is 0 Å². The van der Waals surface area contributed by atoms with Gasteiger partial charge in [0.25, 0.3) is 0 Å². The molecule has 0 saturated carbocycles. The Labute approximate surface area is 120 Å². The van der Waals surface area contributed by atoms with Gasteiger partial charge < -0.3 is 10.1 Å². The SMILES string of the molecule is CCC(C)Oc1cccc(NCCc2cnn(C)c2)c1. The Morgan fingerprint density at radius 1 is 1.40 bits per heavy atom. The van der Waals surface area contributed by atoms with Crippen molar-refractivity contribution in [1.82, 2.24) is 9.78 Å². The molecular weight excluding hydrogens is 250 g/mol. The minimum absolute atomic E-state index is 0.251. The van der Waals surface area contributed by atoms with E-state index in [2.05, 4.69) is 36.4 Å². The third-order valence-corrected chi connectivity index (χ3v) is 3.25. The van der Waals surface area contributed by atoms with Crippen LogP contribution in [0.5, 0.6) is 5.75 Å².